The van der Waals surface area contributed by atoms with E-state index >= 15 is 0 Å². The van der Waals surface area contributed by atoms with E-state index in [0.29, 0.717) is 11.6 Å². The van der Waals surface area contributed by atoms with Gasteiger partial charge in [0.2, 0.25) is 5.89 Å². The van der Waals surface area contributed by atoms with Crippen LogP contribution in [0.2, 0.25) is 0 Å². The molecular weight excluding hydrogens is 258 g/mol. The molecule has 0 radical (unpaired) electrons. The largest absolute Gasteiger partial charge is 0.482 e. The Morgan fingerprint density at radius 3 is 2.60 bits per heavy atom. The van der Waals surface area contributed by atoms with Gasteiger partial charge in [-0.3, -0.25) is 0 Å². The number of carboxylic acids is 1. The van der Waals surface area contributed by atoms with Crippen molar-refractivity contribution in [2.45, 2.75) is 0 Å². The van der Waals surface area contributed by atoms with Crippen LogP contribution in [0.1, 0.15) is 0 Å². The second-order valence-corrected chi connectivity index (χ2v) is 4.19. The number of oxazole rings is 1. The topological polar surface area (TPSA) is 72.6 Å². The number of nitrogens with zero attached hydrogens (tertiary/aromatic N) is 1. The van der Waals surface area contributed by atoms with Crippen molar-refractivity contribution in [3.05, 3.63) is 48.5 Å². The summed E-state index contributed by atoms with van der Waals surface area (Å²) in [7, 11) is 0. The maximum atomic E-state index is 10.4. The summed E-state index contributed by atoms with van der Waals surface area (Å²) in [6, 6.07) is 14.5. The summed E-state index contributed by atoms with van der Waals surface area (Å²) < 4.78 is 10.7. The zero-order valence-electron chi connectivity index (χ0n) is 10.4. The summed E-state index contributed by atoms with van der Waals surface area (Å²) in [5, 5.41) is 8.54. The maximum Gasteiger partial charge on any atom is 0.341 e. The number of hydrogen-bond acceptors (Lipinski definition) is 4. The van der Waals surface area contributed by atoms with Gasteiger partial charge in [-0.1, -0.05) is 12.1 Å². The average Bonchev–Trinajstić information content (AvgIpc) is 2.89. The van der Waals surface area contributed by atoms with Gasteiger partial charge in [0.15, 0.2) is 12.2 Å². The van der Waals surface area contributed by atoms with Crippen molar-refractivity contribution in [3.8, 4) is 17.2 Å². The molecule has 1 N–H and O–H groups in total. The molecule has 0 fully saturated rings. The number of rotatable bonds is 4. The van der Waals surface area contributed by atoms with E-state index in [-0.39, 0.29) is 6.61 Å². The lowest BCUT2D eigenvalue weighted by Crippen LogP contribution is -2.09. The highest BCUT2D eigenvalue weighted by molar-refractivity contribution is 5.76. The van der Waals surface area contributed by atoms with E-state index in [2.05, 4.69) is 4.98 Å². The van der Waals surface area contributed by atoms with Gasteiger partial charge < -0.3 is 14.3 Å². The first-order chi connectivity index (χ1) is 9.72. The lowest BCUT2D eigenvalue weighted by atomic mass is 10.2. The van der Waals surface area contributed by atoms with Crippen molar-refractivity contribution in [2.24, 2.45) is 0 Å². The van der Waals surface area contributed by atoms with E-state index < -0.39 is 5.97 Å². The first-order valence-electron chi connectivity index (χ1n) is 6.03. The standard InChI is InChI=1S/C15H11NO4/c17-14(18)9-19-11-7-5-10(6-8-11)15-16-12-3-1-2-4-13(12)20-15/h1-8H,9H2,(H,17,18). The average molecular weight is 269 g/mol. The van der Waals surface area contributed by atoms with Crippen LogP contribution in [-0.4, -0.2) is 22.7 Å². The van der Waals surface area contributed by atoms with Crippen LogP contribution in [0.15, 0.2) is 52.9 Å². The van der Waals surface area contributed by atoms with E-state index in [1.165, 1.54) is 0 Å². The lowest BCUT2D eigenvalue weighted by molar-refractivity contribution is -0.139. The Kier molecular flexibility index (Phi) is 3.09. The van der Waals surface area contributed by atoms with Crippen LogP contribution < -0.4 is 4.74 Å². The van der Waals surface area contributed by atoms with Gasteiger partial charge in [0.25, 0.3) is 0 Å². The molecule has 0 amide bonds. The fourth-order valence-corrected chi connectivity index (χ4v) is 1.83. The molecule has 3 aromatic rings. The third-order valence-corrected chi connectivity index (χ3v) is 2.76. The molecule has 1 aromatic heterocycles. The number of fused-ring (bicyclic) bond motifs is 1. The summed E-state index contributed by atoms with van der Waals surface area (Å²) >= 11 is 0. The Labute approximate surface area is 114 Å². The molecular formula is C15H11NO4. The van der Waals surface area contributed by atoms with Crippen molar-refractivity contribution in [1.82, 2.24) is 4.98 Å². The van der Waals surface area contributed by atoms with Gasteiger partial charge in [-0.15, -0.1) is 0 Å². The van der Waals surface area contributed by atoms with Crippen LogP contribution in [0.3, 0.4) is 0 Å². The molecule has 100 valence electrons. The Morgan fingerprint density at radius 2 is 1.90 bits per heavy atom. The van der Waals surface area contributed by atoms with Gasteiger partial charge in [0.1, 0.15) is 11.3 Å². The molecule has 0 aliphatic heterocycles. The maximum absolute atomic E-state index is 10.4. The number of benzene rings is 2. The molecule has 5 nitrogen and oxygen atoms in total. The summed E-state index contributed by atoms with van der Waals surface area (Å²) in [6.45, 7) is -0.359. The van der Waals surface area contributed by atoms with Gasteiger partial charge in [0.05, 0.1) is 0 Å². The predicted octanol–water partition coefficient (Wildman–Crippen LogP) is 2.96. The van der Waals surface area contributed by atoms with E-state index in [4.69, 9.17) is 14.3 Å². The fourth-order valence-electron chi connectivity index (χ4n) is 1.83. The SMILES string of the molecule is O=C(O)COc1ccc(-c2nc3ccccc3o2)cc1. The molecule has 20 heavy (non-hydrogen) atoms. The van der Waals surface area contributed by atoms with Crippen molar-refractivity contribution >= 4 is 17.1 Å². The van der Waals surface area contributed by atoms with E-state index in [1.807, 2.05) is 24.3 Å². The summed E-state index contributed by atoms with van der Waals surface area (Å²) in [4.78, 5) is 14.8. The normalized spacial score (nSPS) is 10.6. The van der Waals surface area contributed by atoms with Gasteiger partial charge in [-0.05, 0) is 36.4 Å². The van der Waals surface area contributed by atoms with Crippen molar-refractivity contribution in [3.63, 3.8) is 0 Å². The second-order valence-electron chi connectivity index (χ2n) is 4.19. The predicted molar refractivity (Wildman–Crippen MR) is 72.6 cm³/mol. The Hall–Kier alpha value is -2.82. The van der Waals surface area contributed by atoms with Crippen LogP contribution in [0.4, 0.5) is 0 Å². The molecule has 0 spiro atoms. The van der Waals surface area contributed by atoms with Crippen molar-refractivity contribution < 1.29 is 19.1 Å². The van der Waals surface area contributed by atoms with E-state index in [0.717, 1.165) is 16.7 Å². The first-order valence-corrected chi connectivity index (χ1v) is 6.03. The molecule has 0 atom stereocenters. The molecule has 0 saturated carbocycles. The molecule has 5 heteroatoms. The number of carbonyl (C=O) groups is 1. The summed E-state index contributed by atoms with van der Waals surface area (Å²) in [6.07, 6.45) is 0. The van der Waals surface area contributed by atoms with Crippen LogP contribution in [0, 0.1) is 0 Å². The quantitative estimate of drug-likeness (QED) is 0.788. The minimum absolute atomic E-state index is 0.359. The smallest absolute Gasteiger partial charge is 0.341 e. The van der Waals surface area contributed by atoms with Crippen LogP contribution in [0.25, 0.3) is 22.6 Å². The number of carboxylic acid groups (broad SMARTS) is 1. The minimum Gasteiger partial charge on any atom is -0.482 e. The lowest BCUT2D eigenvalue weighted by Gasteiger charge is -2.02. The zero-order chi connectivity index (χ0) is 13.9. The highest BCUT2D eigenvalue weighted by atomic mass is 16.5. The molecule has 1 heterocycles. The highest BCUT2D eigenvalue weighted by Crippen LogP contribution is 2.25. The second kappa shape index (κ2) is 5.05. The van der Waals surface area contributed by atoms with Gasteiger partial charge >= 0.3 is 5.97 Å². The molecule has 0 aliphatic carbocycles. The fraction of sp³-hybridized carbons (Fsp3) is 0.0667. The third kappa shape index (κ3) is 2.47. The Morgan fingerprint density at radius 1 is 1.15 bits per heavy atom. The van der Waals surface area contributed by atoms with Gasteiger partial charge in [-0.2, -0.15) is 0 Å². The molecule has 2 aromatic carbocycles. The number of hydrogen-bond donors (Lipinski definition) is 1. The van der Waals surface area contributed by atoms with E-state index in [9.17, 15) is 4.79 Å². The number of para-hydroxylation sites is 2. The summed E-state index contributed by atoms with van der Waals surface area (Å²) in [5.74, 6) is 0.0104. The first kappa shape index (κ1) is 12.2. The number of aromatic nitrogens is 1. The van der Waals surface area contributed by atoms with Crippen LogP contribution in [0.5, 0.6) is 5.75 Å². The molecule has 3 rings (SSSR count). The number of ether oxygens (including phenoxy) is 1. The van der Waals surface area contributed by atoms with Crippen LogP contribution in [-0.2, 0) is 4.79 Å². The zero-order valence-corrected chi connectivity index (χ0v) is 10.4. The Balaban J connectivity index is 1.85. The monoisotopic (exact) mass is 269 g/mol. The minimum atomic E-state index is -1.01. The molecule has 0 saturated heterocycles. The number of aliphatic carboxylic acids is 1. The van der Waals surface area contributed by atoms with E-state index in [1.54, 1.807) is 24.3 Å². The molecule has 0 aliphatic rings. The molecule has 0 unspecified atom stereocenters. The Bertz CT molecular complexity index is 713. The highest BCUT2D eigenvalue weighted by Gasteiger charge is 2.08. The van der Waals surface area contributed by atoms with Crippen molar-refractivity contribution in [1.29, 1.82) is 0 Å². The van der Waals surface area contributed by atoms with Gasteiger partial charge in [-0.25, -0.2) is 9.78 Å². The van der Waals surface area contributed by atoms with Gasteiger partial charge in [0, 0.05) is 5.56 Å². The summed E-state index contributed by atoms with van der Waals surface area (Å²) in [5.41, 5.74) is 2.34. The van der Waals surface area contributed by atoms with Crippen molar-refractivity contribution in [2.75, 3.05) is 6.61 Å². The third-order valence-electron chi connectivity index (χ3n) is 2.76. The molecule has 0 bridgehead atoms. The van der Waals surface area contributed by atoms with Crippen LogP contribution >= 0.6 is 0 Å².